The van der Waals surface area contributed by atoms with Gasteiger partial charge in [0.05, 0.1) is 6.04 Å². The van der Waals surface area contributed by atoms with Crippen LogP contribution in [-0.4, -0.2) is 30.4 Å². The van der Waals surface area contributed by atoms with Gasteiger partial charge >= 0.3 is 0 Å². The molecule has 0 bridgehead atoms. The van der Waals surface area contributed by atoms with Crippen molar-refractivity contribution in [1.82, 2.24) is 5.32 Å². The number of Topliss-reactive ketones (excluding diaryl/α,β-unsaturated/α-hetero) is 1. The van der Waals surface area contributed by atoms with Crippen molar-refractivity contribution in [2.24, 2.45) is 0 Å². The molecule has 1 N–H and O–H groups in total. The van der Waals surface area contributed by atoms with Crippen LogP contribution in [0.5, 0.6) is 0 Å². The first-order valence-electron chi connectivity index (χ1n) is 5.03. The summed E-state index contributed by atoms with van der Waals surface area (Å²) in [5, 5.41) is 2.64. The second-order valence-electron chi connectivity index (χ2n) is 3.70. The topological polar surface area (TPSA) is 55.4 Å². The van der Waals surface area contributed by atoms with Crippen LogP contribution in [0.2, 0.25) is 0 Å². The third-order valence-electron chi connectivity index (χ3n) is 2.44. The number of amides is 1. The van der Waals surface area contributed by atoms with Crippen LogP contribution in [-0.2, 0) is 14.3 Å². The minimum absolute atomic E-state index is 0.0332. The predicted molar refractivity (Wildman–Crippen MR) is 51.9 cm³/mol. The average Bonchev–Trinajstić information content (AvgIpc) is 2.19. The molecule has 0 spiro atoms. The highest BCUT2D eigenvalue weighted by atomic mass is 16.5. The maximum atomic E-state index is 11.5. The maximum Gasteiger partial charge on any atom is 0.249 e. The Kier molecular flexibility index (Phi) is 4.07. The third kappa shape index (κ3) is 3.10. The molecule has 0 aromatic carbocycles. The molecule has 0 saturated carbocycles. The molecule has 1 aliphatic rings. The Morgan fingerprint density at radius 2 is 2.14 bits per heavy atom. The molecule has 0 aromatic heterocycles. The summed E-state index contributed by atoms with van der Waals surface area (Å²) in [6.45, 7) is 3.79. The predicted octanol–water partition coefficient (Wildman–Crippen LogP) is 0.649. The smallest absolute Gasteiger partial charge is 0.249 e. The zero-order valence-corrected chi connectivity index (χ0v) is 8.71. The molecule has 80 valence electrons. The Morgan fingerprint density at radius 1 is 1.43 bits per heavy atom. The molecule has 1 aliphatic heterocycles. The summed E-state index contributed by atoms with van der Waals surface area (Å²) in [6.07, 6.45) is 2.44. The Morgan fingerprint density at radius 3 is 2.64 bits per heavy atom. The van der Waals surface area contributed by atoms with Gasteiger partial charge in [0.15, 0.2) is 5.78 Å². The molecule has 1 fully saturated rings. The van der Waals surface area contributed by atoms with Crippen LogP contribution < -0.4 is 5.32 Å². The van der Waals surface area contributed by atoms with E-state index in [1.807, 2.05) is 0 Å². The Balaban J connectivity index is 2.36. The fourth-order valence-electron chi connectivity index (χ4n) is 1.36. The molecule has 2 unspecified atom stereocenters. The number of rotatable bonds is 3. The van der Waals surface area contributed by atoms with Crippen LogP contribution in [0.15, 0.2) is 0 Å². The SMILES string of the molecule is CC(=O)C(C)NC(=O)C1CCCCO1. The lowest BCUT2D eigenvalue weighted by Crippen LogP contribution is -2.45. The second kappa shape index (κ2) is 5.10. The van der Waals surface area contributed by atoms with Gasteiger partial charge in [0.25, 0.3) is 0 Å². The molecule has 2 atom stereocenters. The molecule has 1 saturated heterocycles. The Labute approximate surface area is 84.0 Å². The monoisotopic (exact) mass is 199 g/mol. The van der Waals surface area contributed by atoms with Crippen molar-refractivity contribution in [3.63, 3.8) is 0 Å². The van der Waals surface area contributed by atoms with Crippen molar-refractivity contribution in [2.75, 3.05) is 6.61 Å². The summed E-state index contributed by atoms with van der Waals surface area (Å²) in [5.74, 6) is -0.193. The van der Waals surface area contributed by atoms with E-state index in [1.54, 1.807) is 6.92 Å². The fraction of sp³-hybridized carbons (Fsp3) is 0.800. The molecule has 0 aliphatic carbocycles. The molecule has 1 heterocycles. The Bertz CT molecular complexity index is 221. The summed E-state index contributed by atoms with van der Waals surface area (Å²) in [6, 6.07) is -0.409. The highest BCUT2D eigenvalue weighted by Gasteiger charge is 2.23. The van der Waals surface area contributed by atoms with Gasteiger partial charge in [-0.1, -0.05) is 0 Å². The largest absolute Gasteiger partial charge is 0.368 e. The van der Waals surface area contributed by atoms with Crippen molar-refractivity contribution in [2.45, 2.75) is 45.3 Å². The van der Waals surface area contributed by atoms with Gasteiger partial charge in [-0.3, -0.25) is 9.59 Å². The van der Waals surface area contributed by atoms with Crippen molar-refractivity contribution in [3.8, 4) is 0 Å². The molecule has 0 aromatic rings. The van der Waals surface area contributed by atoms with Gasteiger partial charge in [0.2, 0.25) is 5.91 Å². The lowest BCUT2D eigenvalue weighted by Gasteiger charge is -2.23. The highest BCUT2D eigenvalue weighted by Crippen LogP contribution is 2.12. The van der Waals surface area contributed by atoms with Crippen LogP contribution in [0.25, 0.3) is 0 Å². The van der Waals surface area contributed by atoms with Gasteiger partial charge in [0, 0.05) is 6.61 Å². The van der Waals surface area contributed by atoms with Crippen LogP contribution in [0.4, 0.5) is 0 Å². The summed E-state index contributed by atoms with van der Waals surface area (Å²) in [4.78, 5) is 22.4. The zero-order valence-electron chi connectivity index (χ0n) is 8.71. The number of ketones is 1. The zero-order chi connectivity index (χ0) is 10.6. The fourth-order valence-corrected chi connectivity index (χ4v) is 1.36. The van der Waals surface area contributed by atoms with Crippen LogP contribution in [0.3, 0.4) is 0 Å². The van der Waals surface area contributed by atoms with Gasteiger partial charge in [-0.15, -0.1) is 0 Å². The molecular formula is C10H17NO3. The first-order chi connectivity index (χ1) is 6.61. The van der Waals surface area contributed by atoms with E-state index in [9.17, 15) is 9.59 Å². The highest BCUT2D eigenvalue weighted by molar-refractivity contribution is 5.88. The molecule has 1 rings (SSSR count). The van der Waals surface area contributed by atoms with Crippen molar-refractivity contribution in [3.05, 3.63) is 0 Å². The van der Waals surface area contributed by atoms with Gasteiger partial charge in [0.1, 0.15) is 6.10 Å². The molecule has 1 amide bonds. The summed E-state index contributed by atoms with van der Waals surface area (Å²) < 4.78 is 5.30. The number of carbonyl (C=O) groups excluding carboxylic acids is 2. The van der Waals surface area contributed by atoms with E-state index in [-0.39, 0.29) is 17.8 Å². The minimum Gasteiger partial charge on any atom is -0.368 e. The maximum absolute atomic E-state index is 11.5. The molecular weight excluding hydrogens is 182 g/mol. The van der Waals surface area contributed by atoms with Crippen molar-refractivity contribution in [1.29, 1.82) is 0 Å². The lowest BCUT2D eigenvalue weighted by atomic mass is 10.1. The van der Waals surface area contributed by atoms with E-state index >= 15 is 0 Å². The number of nitrogens with one attached hydrogen (secondary N) is 1. The van der Waals surface area contributed by atoms with E-state index in [0.29, 0.717) is 6.61 Å². The first-order valence-corrected chi connectivity index (χ1v) is 5.03. The molecule has 0 radical (unpaired) electrons. The van der Waals surface area contributed by atoms with Crippen LogP contribution in [0.1, 0.15) is 33.1 Å². The molecule has 14 heavy (non-hydrogen) atoms. The average molecular weight is 199 g/mol. The van der Waals surface area contributed by atoms with Gasteiger partial charge in [-0.25, -0.2) is 0 Å². The standard InChI is InChI=1S/C10H17NO3/c1-7(8(2)12)11-10(13)9-5-3-4-6-14-9/h7,9H,3-6H2,1-2H3,(H,11,13). The van der Waals surface area contributed by atoms with Gasteiger partial charge in [-0.2, -0.15) is 0 Å². The number of carbonyl (C=O) groups is 2. The number of hydrogen-bond donors (Lipinski definition) is 1. The van der Waals surface area contributed by atoms with E-state index < -0.39 is 6.04 Å². The Hall–Kier alpha value is -0.900. The van der Waals surface area contributed by atoms with E-state index in [2.05, 4.69) is 5.32 Å². The first kappa shape index (κ1) is 11.2. The van der Waals surface area contributed by atoms with E-state index in [4.69, 9.17) is 4.74 Å². The number of ether oxygens (including phenoxy) is 1. The van der Waals surface area contributed by atoms with Crippen molar-refractivity contribution < 1.29 is 14.3 Å². The van der Waals surface area contributed by atoms with E-state index in [0.717, 1.165) is 19.3 Å². The normalized spacial score (nSPS) is 24.0. The summed E-state index contributed by atoms with van der Waals surface area (Å²) in [7, 11) is 0. The minimum atomic E-state index is -0.409. The molecule has 4 heteroatoms. The summed E-state index contributed by atoms with van der Waals surface area (Å²) >= 11 is 0. The van der Waals surface area contributed by atoms with Gasteiger partial charge < -0.3 is 10.1 Å². The van der Waals surface area contributed by atoms with E-state index in [1.165, 1.54) is 6.92 Å². The molecule has 4 nitrogen and oxygen atoms in total. The third-order valence-corrected chi connectivity index (χ3v) is 2.44. The van der Waals surface area contributed by atoms with Crippen LogP contribution >= 0.6 is 0 Å². The van der Waals surface area contributed by atoms with Crippen molar-refractivity contribution >= 4 is 11.7 Å². The van der Waals surface area contributed by atoms with Gasteiger partial charge in [-0.05, 0) is 33.1 Å². The van der Waals surface area contributed by atoms with Crippen LogP contribution in [0, 0.1) is 0 Å². The quantitative estimate of drug-likeness (QED) is 0.726. The summed E-state index contributed by atoms with van der Waals surface area (Å²) in [5.41, 5.74) is 0. The number of hydrogen-bond acceptors (Lipinski definition) is 3. The second-order valence-corrected chi connectivity index (χ2v) is 3.70. The lowest BCUT2D eigenvalue weighted by molar-refractivity contribution is -0.137.